The van der Waals surface area contributed by atoms with Gasteiger partial charge in [0.25, 0.3) is 11.6 Å². The van der Waals surface area contributed by atoms with Crippen molar-refractivity contribution < 1.29 is 14.5 Å². The van der Waals surface area contributed by atoms with Crippen molar-refractivity contribution in [2.75, 3.05) is 30.9 Å². The van der Waals surface area contributed by atoms with Gasteiger partial charge in [-0.25, -0.2) is 0 Å². The fourth-order valence-corrected chi connectivity index (χ4v) is 2.46. The largest absolute Gasteiger partial charge is 0.383 e. The summed E-state index contributed by atoms with van der Waals surface area (Å²) >= 11 is 6.09. The van der Waals surface area contributed by atoms with E-state index in [1.807, 2.05) is 13.0 Å². The van der Waals surface area contributed by atoms with Gasteiger partial charge in [0, 0.05) is 25.3 Å². The molecule has 0 fully saturated rings. The van der Waals surface area contributed by atoms with E-state index in [4.69, 9.17) is 16.3 Å². The number of nitrogens with one attached hydrogen (secondary N) is 2. The Morgan fingerprint density at radius 3 is 2.60 bits per heavy atom. The van der Waals surface area contributed by atoms with E-state index in [0.717, 1.165) is 5.56 Å². The van der Waals surface area contributed by atoms with Crippen LogP contribution in [0.4, 0.5) is 17.1 Å². The molecule has 8 heteroatoms. The summed E-state index contributed by atoms with van der Waals surface area (Å²) in [6.07, 6.45) is 0. The van der Waals surface area contributed by atoms with Crippen LogP contribution in [0.1, 0.15) is 15.9 Å². The first-order chi connectivity index (χ1) is 11.9. The van der Waals surface area contributed by atoms with Crippen LogP contribution >= 0.6 is 11.6 Å². The van der Waals surface area contributed by atoms with Crippen molar-refractivity contribution in [3.63, 3.8) is 0 Å². The number of aryl methyl sites for hydroxylation is 1. The van der Waals surface area contributed by atoms with E-state index in [2.05, 4.69) is 10.6 Å². The summed E-state index contributed by atoms with van der Waals surface area (Å²) in [6, 6.07) is 9.46. The molecule has 0 radical (unpaired) electrons. The first-order valence-electron chi connectivity index (χ1n) is 7.51. The van der Waals surface area contributed by atoms with Gasteiger partial charge in [-0.05, 0) is 36.8 Å². The molecule has 0 aromatic heterocycles. The molecule has 0 atom stereocenters. The molecule has 0 unspecified atom stereocenters. The summed E-state index contributed by atoms with van der Waals surface area (Å²) in [7, 11) is 1.54. The molecule has 2 rings (SSSR count). The predicted octanol–water partition coefficient (Wildman–Crippen LogP) is 3.87. The summed E-state index contributed by atoms with van der Waals surface area (Å²) in [6.45, 7) is 2.71. The number of carbonyl (C=O) groups excluding carboxylic acids is 1. The number of nitrogens with zero attached hydrogens (tertiary/aromatic N) is 1. The second kappa shape index (κ2) is 8.46. The zero-order valence-corrected chi connectivity index (χ0v) is 14.6. The number of ether oxygens (including phenoxy) is 1. The number of hydrogen-bond donors (Lipinski definition) is 2. The summed E-state index contributed by atoms with van der Waals surface area (Å²) < 4.78 is 4.90. The van der Waals surface area contributed by atoms with Gasteiger partial charge in [0.2, 0.25) is 0 Å². The van der Waals surface area contributed by atoms with Gasteiger partial charge in [-0.1, -0.05) is 17.7 Å². The van der Waals surface area contributed by atoms with Gasteiger partial charge < -0.3 is 15.4 Å². The van der Waals surface area contributed by atoms with Crippen LogP contribution in [0.3, 0.4) is 0 Å². The molecule has 7 nitrogen and oxygen atoms in total. The number of benzene rings is 2. The van der Waals surface area contributed by atoms with E-state index >= 15 is 0 Å². The number of hydrogen-bond acceptors (Lipinski definition) is 5. The van der Waals surface area contributed by atoms with Crippen molar-refractivity contribution in [3.05, 3.63) is 62.7 Å². The van der Waals surface area contributed by atoms with E-state index in [1.54, 1.807) is 19.2 Å². The molecule has 2 aromatic rings. The smallest absolute Gasteiger partial charge is 0.293 e. The third-order valence-electron chi connectivity index (χ3n) is 3.45. The minimum absolute atomic E-state index is 0.167. The van der Waals surface area contributed by atoms with Crippen LogP contribution in [-0.4, -0.2) is 31.1 Å². The Balaban J connectivity index is 2.21. The van der Waals surface area contributed by atoms with Crippen molar-refractivity contribution in [2.24, 2.45) is 0 Å². The lowest BCUT2D eigenvalue weighted by atomic mass is 10.1. The summed E-state index contributed by atoms with van der Waals surface area (Å²) in [5, 5.41) is 17.2. The number of rotatable bonds is 7. The zero-order chi connectivity index (χ0) is 18.4. The summed E-state index contributed by atoms with van der Waals surface area (Å²) in [5.74, 6) is -0.475. The molecule has 0 saturated heterocycles. The van der Waals surface area contributed by atoms with Gasteiger partial charge in [-0.3, -0.25) is 14.9 Å². The standard InChI is InChI=1S/C17H18ClN3O4/c1-11-3-5-14(13(18)9-11)20-17(22)12-4-6-15(19-7-8-25-2)16(10-12)21(23)24/h3-6,9-10,19H,7-8H2,1-2H3,(H,20,22). The van der Waals surface area contributed by atoms with Crippen LogP contribution in [0.25, 0.3) is 0 Å². The van der Waals surface area contributed by atoms with E-state index in [1.165, 1.54) is 18.2 Å². The van der Waals surface area contributed by atoms with Gasteiger partial charge >= 0.3 is 0 Å². The van der Waals surface area contributed by atoms with E-state index in [-0.39, 0.29) is 11.3 Å². The molecule has 2 aromatic carbocycles. The maximum absolute atomic E-state index is 12.4. The van der Waals surface area contributed by atoms with Crippen LogP contribution in [0, 0.1) is 17.0 Å². The number of amides is 1. The third kappa shape index (κ3) is 4.91. The van der Waals surface area contributed by atoms with Crippen LogP contribution in [0.2, 0.25) is 5.02 Å². The molecular weight excluding hydrogens is 346 g/mol. The Hall–Kier alpha value is -2.64. The summed E-state index contributed by atoms with van der Waals surface area (Å²) in [5.41, 5.74) is 1.72. The van der Waals surface area contributed by atoms with Crippen molar-refractivity contribution >= 4 is 34.6 Å². The molecule has 0 bridgehead atoms. The SMILES string of the molecule is COCCNc1ccc(C(=O)Nc2ccc(C)cc2Cl)cc1[N+](=O)[O-]. The minimum Gasteiger partial charge on any atom is -0.383 e. The van der Waals surface area contributed by atoms with Crippen molar-refractivity contribution in [2.45, 2.75) is 6.92 Å². The molecule has 132 valence electrons. The molecule has 1 amide bonds. The van der Waals surface area contributed by atoms with Crippen molar-refractivity contribution in [1.82, 2.24) is 0 Å². The lowest BCUT2D eigenvalue weighted by molar-refractivity contribution is -0.384. The number of halogens is 1. The average Bonchev–Trinajstić information content (AvgIpc) is 2.57. The zero-order valence-electron chi connectivity index (χ0n) is 13.8. The second-order valence-electron chi connectivity index (χ2n) is 5.35. The van der Waals surface area contributed by atoms with Gasteiger partial charge in [-0.15, -0.1) is 0 Å². The second-order valence-corrected chi connectivity index (χ2v) is 5.75. The highest BCUT2D eigenvalue weighted by molar-refractivity contribution is 6.34. The normalized spacial score (nSPS) is 10.4. The van der Waals surface area contributed by atoms with E-state index in [0.29, 0.717) is 29.5 Å². The van der Waals surface area contributed by atoms with E-state index in [9.17, 15) is 14.9 Å². The molecule has 0 aliphatic rings. The monoisotopic (exact) mass is 363 g/mol. The minimum atomic E-state index is -0.537. The highest BCUT2D eigenvalue weighted by Crippen LogP contribution is 2.27. The number of nitro groups is 1. The maximum Gasteiger partial charge on any atom is 0.293 e. The molecule has 0 aliphatic heterocycles. The average molecular weight is 364 g/mol. The van der Waals surface area contributed by atoms with E-state index < -0.39 is 10.8 Å². The first kappa shape index (κ1) is 18.7. The number of anilines is 2. The first-order valence-corrected chi connectivity index (χ1v) is 7.89. The van der Waals surface area contributed by atoms with Gasteiger partial charge in [0.05, 0.1) is 22.2 Å². The highest BCUT2D eigenvalue weighted by Gasteiger charge is 2.18. The lowest BCUT2D eigenvalue weighted by Crippen LogP contribution is -2.14. The van der Waals surface area contributed by atoms with Gasteiger partial charge in [0.15, 0.2) is 0 Å². The van der Waals surface area contributed by atoms with Crippen molar-refractivity contribution in [1.29, 1.82) is 0 Å². The van der Waals surface area contributed by atoms with Crippen LogP contribution in [0.5, 0.6) is 0 Å². The quantitative estimate of drug-likeness (QED) is 0.442. The number of nitro benzene ring substituents is 1. The molecule has 0 heterocycles. The Bertz CT molecular complexity index is 795. The molecule has 0 spiro atoms. The highest BCUT2D eigenvalue weighted by atomic mass is 35.5. The molecular formula is C17H18ClN3O4. The van der Waals surface area contributed by atoms with Crippen LogP contribution in [0.15, 0.2) is 36.4 Å². The number of methoxy groups -OCH3 is 1. The van der Waals surface area contributed by atoms with Crippen LogP contribution in [-0.2, 0) is 4.74 Å². The van der Waals surface area contributed by atoms with Gasteiger partial charge in [-0.2, -0.15) is 0 Å². The third-order valence-corrected chi connectivity index (χ3v) is 3.76. The Kier molecular flexibility index (Phi) is 6.32. The lowest BCUT2D eigenvalue weighted by Gasteiger charge is -2.10. The molecule has 0 aliphatic carbocycles. The Morgan fingerprint density at radius 2 is 1.96 bits per heavy atom. The Labute approximate surface area is 150 Å². The molecule has 2 N–H and O–H groups in total. The van der Waals surface area contributed by atoms with Crippen LogP contribution < -0.4 is 10.6 Å². The molecule has 0 saturated carbocycles. The Morgan fingerprint density at radius 1 is 1.24 bits per heavy atom. The maximum atomic E-state index is 12.4. The topological polar surface area (TPSA) is 93.5 Å². The summed E-state index contributed by atoms with van der Waals surface area (Å²) in [4.78, 5) is 23.1. The van der Waals surface area contributed by atoms with Gasteiger partial charge in [0.1, 0.15) is 5.69 Å². The predicted molar refractivity (Wildman–Crippen MR) is 97.6 cm³/mol. The number of carbonyl (C=O) groups is 1. The van der Waals surface area contributed by atoms with Crippen molar-refractivity contribution in [3.8, 4) is 0 Å². The fraction of sp³-hybridized carbons (Fsp3) is 0.235. The molecule has 25 heavy (non-hydrogen) atoms. The fourth-order valence-electron chi connectivity index (χ4n) is 2.18.